The Morgan fingerprint density at radius 3 is 2.95 bits per heavy atom. The van der Waals surface area contributed by atoms with Gasteiger partial charge in [-0.15, -0.1) is 0 Å². The molecular weight excluding hydrogens is 274 g/mol. The number of amides is 1. The van der Waals surface area contributed by atoms with Crippen molar-refractivity contribution < 1.29 is 4.79 Å². The zero-order chi connectivity index (χ0) is 14.1. The molecule has 3 rings (SSSR count). The van der Waals surface area contributed by atoms with Crippen molar-refractivity contribution in [3.63, 3.8) is 0 Å². The van der Waals surface area contributed by atoms with Gasteiger partial charge in [0, 0.05) is 34.7 Å². The number of nitrogens with two attached hydrogens (primary N) is 1. The van der Waals surface area contributed by atoms with Crippen LogP contribution in [0.15, 0.2) is 36.5 Å². The van der Waals surface area contributed by atoms with Crippen LogP contribution in [0.25, 0.3) is 0 Å². The van der Waals surface area contributed by atoms with Crippen molar-refractivity contribution in [2.24, 2.45) is 0 Å². The zero-order valence-electron chi connectivity index (χ0n) is 11.0. The van der Waals surface area contributed by atoms with Gasteiger partial charge >= 0.3 is 0 Å². The lowest BCUT2D eigenvalue weighted by molar-refractivity contribution is 0.0733. The minimum absolute atomic E-state index is 0.0173. The second-order valence-corrected chi connectivity index (χ2v) is 5.49. The SMILES string of the molecule is Nc1cc(Cl)cc(C(=O)N2CCCC2c2ccc[nH]2)c1. The Kier molecular flexibility index (Phi) is 3.40. The number of hydrogen-bond donors (Lipinski definition) is 2. The third kappa shape index (κ3) is 2.39. The van der Waals surface area contributed by atoms with Crippen LogP contribution in [0, 0.1) is 0 Å². The zero-order valence-corrected chi connectivity index (χ0v) is 11.7. The summed E-state index contributed by atoms with van der Waals surface area (Å²) < 4.78 is 0. The number of benzene rings is 1. The molecule has 2 heterocycles. The average molecular weight is 290 g/mol. The van der Waals surface area contributed by atoms with Crippen LogP contribution >= 0.6 is 11.6 Å². The van der Waals surface area contributed by atoms with Gasteiger partial charge in [-0.25, -0.2) is 0 Å². The van der Waals surface area contributed by atoms with Gasteiger partial charge in [0.25, 0.3) is 5.91 Å². The summed E-state index contributed by atoms with van der Waals surface area (Å²) in [4.78, 5) is 17.7. The molecular formula is C15H16ClN3O. The van der Waals surface area contributed by atoms with E-state index in [1.54, 1.807) is 18.2 Å². The fraction of sp³-hybridized carbons (Fsp3) is 0.267. The summed E-state index contributed by atoms with van der Waals surface area (Å²) in [5.74, 6) is -0.0173. The number of aromatic amines is 1. The number of nitrogens with one attached hydrogen (secondary N) is 1. The van der Waals surface area contributed by atoms with E-state index in [2.05, 4.69) is 4.98 Å². The lowest BCUT2D eigenvalue weighted by Crippen LogP contribution is -2.30. The minimum Gasteiger partial charge on any atom is -0.399 e. The molecule has 5 heteroatoms. The first kappa shape index (κ1) is 13.1. The van der Waals surface area contributed by atoms with Gasteiger partial charge < -0.3 is 15.6 Å². The number of carbonyl (C=O) groups is 1. The lowest BCUT2D eigenvalue weighted by Gasteiger charge is -2.24. The summed E-state index contributed by atoms with van der Waals surface area (Å²) in [5.41, 5.74) is 7.90. The Morgan fingerprint density at radius 2 is 2.25 bits per heavy atom. The molecule has 0 radical (unpaired) electrons. The predicted octanol–water partition coefficient (Wildman–Crippen LogP) is 3.23. The summed E-state index contributed by atoms with van der Waals surface area (Å²) >= 11 is 5.98. The van der Waals surface area contributed by atoms with E-state index in [-0.39, 0.29) is 11.9 Å². The Balaban J connectivity index is 1.89. The minimum atomic E-state index is -0.0173. The second kappa shape index (κ2) is 5.21. The number of hydrogen-bond acceptors (Lipinski definition) is 2. The fourth-order valence-corrected chi connectivity index (χ4v) is 3.03. The van der Waals surface area contributed by atoms with Gasteiger partial charge in [-0.1, -0.05) is 11.6 Å². The molecule has 1 atom stereocenters. The molecule has 0 aliphatic carbocycles. The van der Waals surface area contributed by atoms with Crippen molar-refractivity contribution >= 4 is 23.2 Å². The van der Waals surface area contributed by atoms with Gasteiger partial charge in [0.1, 0.15) is 0 Å². The molecule has 0 saturated carbocycles. The van der Waals surface area contributed by atoms with Crippen molar-refractivity contribution in [1.82, 2.24) is 9.88 Å². The van der Waals surface area contributed by atoms with Crippen LogP contribution in [0.3, 0.4) is 0 Å². The lowest BCUT2D eigenvalue weighted by atomic mass is 10.1. The third-order valence-electron chi connectivity index (χ3n) is 3.66. The number of likely N-dealkylation sites (tertiary alicyclic amines) is 1. The maximum Gasteiger partial charge on any atom is 0.254 e. The first-order chi connectivity index (χ1) is 9.65. The summed E-state index contributed by atoms with van der Waals surface area (Å²) in [5, 5.41) is 0.490. The molecule has 1 aliphatic rings. The molecule has 1 aromatic heterocycles. The number of nitrogens with zero attached hydrogens (tertiary/aromatic N) is 1. The second-order valence-electron chi connectivity index (χ2n) is 5.06. The Hall–Kier alpha value is -1.94. The van der Waals surface area contributed by atoms with Crippen LogP contribution in [0.5, 0.6) is 0 Å². The Bertz CT molecular complexity index is 604. The number of nitrogen functional groups attached to an aromatic ring is 1. The van der Waals surface area contributed by atoms with E-state index in [1.165, 1.54) is 0 Å². The van der Waals surface area contributed by atoms with E-state index in [0.717, 1.165) is 25.1 Å². The molecule has 4 nitrogen and oxygen atoms in total. The smallest absolute Gasteiger partial charge is 0.254 e. The van der Waals surface area contributed by atoms with Crippen molar-refractivity contribution in [3.8, 4) is 0 Å². The molecule has 1 aliphatic heterocycles. The van der Waals surface area contributed by atoms with Crippen molar-refractivity contribution in [1.29, 1.82) is 0 Å². The molecule has 1 amide bonds. The van der Waals surface area contributed by atoms with Gasteiger partial charge in [-0.2, -0.15) is 0 Å². The van der Waals surface area contributed by atoms with E-state index < -0.39 is 0 Å². The highest BCUT2D eigenvalue weighted by Gasteiger charge is 2.31. The van der Waals surface area contributed by atoms with Crippen LogP contribution in [-0.4, -0.2) is 22.3 Å². The normalized spacial score (nSPS) is 18.4. The maximum atomic E-state index is 12.7. The number of rotatable bonds is 2. The first-order valence-corrected chi connectivity index (χ1v) is 7.03. The standard InChI is InChI=1S/C15H16ClN3O/c16-11-7-10(8-12(17)9-11)15(20)19-6-2-4-14(19)13-3-1-5-18-13/h1,3,5,7-9,14,18H,2,4,6,17H2. The molecule has 1 fully saturated rings. The summed E-state index contributed by atoms with van der Waals surface area (Å²) in [6.07, 6.45) is 3.86. The monoisotopic (exact) mass is 289 g/mol. The number of H-pyrrole nitrogens is 1. The summed E-state index contributed by atoms with van der Waals surface area (Å²) in [6, 6.07) is 9.07. The summed E-state index contributed by atoms with van der Waals surface area (Å²) in [7, 11) is 0. The molecule has 20 heavy (non-hydrogen) atoms. The summed E-state index contributed by atoms with van der Waals surface area (Å²) in [6.45, 7) is 0.759. The molecule has 1 aromatic carbocycles. The molecule has 2 aromatic rings. The number of aromatic nitrogens is 1. The van der Waals surface area contributed by atoms with Gasteiger partial charge in [0.05, 0.1) is 6.04 Å². The largest absolute Gasteiger partial charge is 0.399 e. The molecule has 0 spiro atoms. The quantitative estimate of drug-likeness (QED) is 0.834. The highest BCUT2D eigenvalue weighted by Crippen LogP contribution is 2.32. The molecule has 0 bridgehead atoms. The van der Waals surface area contributed by atoms with Crippen molar-refractivity contribution in [3.05, 3.63) is 52.8 Å². The van der Waals surface area contributed by atoms with E-state index in [9.17, 15) is 4.79 Å². The first-order valence-electron chi connectivity index (χ1n) is 6.65. The van der Waals surface area contributed by atoms with Crippen LogP contribution in [0.2, 0.25) is 5.02 Å². The van der Waals surface area contributed by atoms with Crippen LogP contribution < -0.4 is 5.73 Å². The topological polar surface area (TPSA) is 62.1 Å². The van der Waals surface area contributed by atoms with E-state index in [4.69, 9.17) is 17.3 Å². The predicted molar refractivity (Wildman–Crippen MR) is 79.7 cm³/mol. The van der Waals surface area contributed by atoms with E-state index in [0.29, 0.717) is 16.3 Å². The van der Waals surface area contributed by atoms with Gasteiger partial charge in [0.15, 0.2) is 0 Å². The van der Waals surface area contributed by atoms with Gasteiger partial charge in [-0.3, -0.25) is 4.79 Å². The van der Waals surface area contributed by atoms with Gasteiger partial charge in [-0.05, 0) is 43.2 Å². The van der Waals surface area contributed by atoms with Gasteiger partial charge in [0.2, 0.25) is 0 Å². The molecule has 1 saturated heterocycles. The van der Waals surface area contributed by atoms with E-state index >= 15 is 0 Å². The molecule has 1 unspecified atom stereocenters. The van der Waals surface area contributed by atoms with Crippen molar-refractivity contribution in [2.45, 2.75) is 18.9 Å². The van der Waals surface area contributed by atoms with Crippen molar-refractivity contribution in [2.75, 3.05) is 12.3 Å². The van der Waals surface area contributed by atoms with Crippen LogP contribution in [0.4, 0.5) is 5.69 Å². The number of anilines is 1. The molecule has 104 valence electrons. The maximum absolute atomic E-state index is 12.7. The average Bonchev–Trinajstić information content (AvgIpc) is 3.07. The van der Waals surface area contributed by atoms with Crippen LogP contribution in [-0.2, 0) is 0 Å². The Morgan fingerprint density at radius 1 is 1.40 bits per heavy atom. The van der Waals surface area contributed by atoms with E-state index in [1.807, 2.05) is 23.2 Å². The highest BCUT2D eigenvalue weighted by molar-refractivity contribution is 6.31. The van der Waals surface area contributed by atoms with Crippen LogP contribution in [0.1, 0.15) is 34.9 Å². The fourth-order valence-electron chi connectivity index (χ4n) is 2.79. The number of carbonyl (C=O) groups excluding carboxylic acids is 1. The number of halogens is 1. The highest BCUT2D eigenvalue weighted by atomic mass is 35.5. The third-order valence-corrected chi connectivity index (χ3v) is 3.88. The Labute approximate surface area is 122 Å². The molecule has 3 N–H and O–H groups in total.